The standard InChI is InChI=1S/C24H34FN3O4/c1-23(2,3)20(26)21(29)27-12-11-17-19(27)18(13-28(17)22(30)32-24(4,5)6)31-14-15-7-9-16(25)10-8-15/h7-11,18-20H,12-14,26H2,1-6H3. The first kappa shape index (κ1) is 24.2. The molecule has 1 aromatic carbocycles. The summed E-state index contributed by atoms with van der Waals surface area (Å²) in [5.41, 5.74) is 6.70. The van der Waals surface area contributed by atoms with Crippen LogP contribution in [0.1, 0.15) is 47.1 Å². The number of halogens is 1. The molecule has 0 saturated carbocycles. The number of amides is 2. The molecule has 2 amide bonds. The number of ether oxygens (including phenoxy) is 2. The number of benzene rings is 1. The summed E-state index contributed by atoms with van der Waals surface area (Å²) in [7, 11) is 0. The molecule has 0 spiro atoms. The zero-order valence-corrected chi connectivity index (χ0v) is 19.7. The van der Waals surface area contributed by atoms with Crippen molar-refractivity contribution in [3.8, 4) is 0 Å². The molecule has 8 heteroatoms. The molecule has 2 N–H and O–H groups in total. The second kappa shape index (κ2) is 8.83. The van der Waals surface area contributed by atoms with E-state index in [-0.39, 0.29) is 24.9 Å². The summed E-state index contributed by atoms with van der Waals surface area (Å²) in [5, 5.41) is 0. The van der Waals surface area contributed by atoms with Gasteiger partial charge in [0.15, 0.2) is 0 Å². The van der Waals surface area contributed by atoms with E-state index in [0.29, 0.717) is 12.2 Å². The van der Waals surface area contributed by atoms with Crippen LogP contribution in [0.15, 0.2) is 36.0 Å². The summed E-state index contributed by atoms with van der Waals surface area (Å²) in [6.45, 7) is 12.0. The van der Waals surface area contributed by atoms with Crippen molar-refractivity contribution in [3.63, 3.8) is 0 Å². The first-order valence-electron chi connectivity index (χ1n) is 10.9. The van der Waals surface area contributed by atoms with Gasteiger partial charge in [-0.1, -0.05) is 32.9 Å². The average Bonchev–Trinajstić information content (AvgIpc) is 3.25. The number of rotatable bonds is 4. The summed E-state index contributed by atoms with van der Waals surface area (Å²) in [6.07, 6.45) is 0.928. The number of hydrogen-bond acceptors (Lipinski definition) is 5. The van der Waals surface area contributed by atoms with E-state index in [4.69, 9.17) is 15.2 Å². The third-order valence-electron chi connectivity index (χ3n) is 5.64. The molecule has 0 radical (unpaired) electrons. The van der Waals surface area contributed by atoms with E-state index in [1.54, 1.807) is 21.9 Å². The van der Waals surface area contributed by atoms with Gasteiger partial charge in [0.05, 0.1) is 19.2 Å². The lowest BCUT2D eigenvalue weighted by atomic mass is 9.86. The van der Waals surface area contributed by atoms with Crippen LogP contribution in [0.4, 0.5) is 9.18 Å². The lowest BCUT2D eigenvalue weighted by Gasteiger charge is -2.34. The van der Waals surface area contributed by atoms with Gasteiger partial charge in [-0.3, -0.25) is 9.69 Å². The van der Waals surface area contributed by atoms with Crippen molar-refractivity contribution in [3.05, 3.63) is 47.4 Å². The predicted octanol–water partition coefficient (Wildman–Crippen LogP) is 3.43. The fourth-order valence-electron chi connectivity index (χ4n) is 3.83. The molecule has 3 unspecified atom stereocenters. The second-order valence-corrected chi connectivity index (χ2v) is 10.5. The Labute approximate surface area is 189 Å². The Morgan fingerprint density at radius 1 is 1.16 bits per heavy atom. The van der Waals surface area contributed by atoms with Crippen LogP contribution in [-0.2, 0) is 20.9 Å². The molecule has 1 saturated heterocycles. The maximum atomic E-state index is 13.2. The number of nitrogens with two attached hydrogens (primary N) is 1. The Balaban J connectivity index is 1.83. The number of hydrogen-bond donors (Lipinski definition) is 1. The molecule has 0 bridgehead atoms. The Bertz CT molecular complexity index is 886. The Morgan fingerprint density at radius 2 is 1.78 bits per heavy atom. The quantitative estimate of drug-likeness (QED) is 0.764. The fourth-order valence-corrected chi connectivity index (χ4v) is 3.83. The first-order chi connectivity index (χ1) is 14.8. The molecule has 2 heterocycles. The van der Waals surface area contributed by atoms with Crippen LogP contribution in [0.25, 0.3) is 0 Å². The molecule has 2 aliphatic rings. The monoisotopic (exact) mass is 447 g/mol. The van der Waals surface area contributed by atoms with Crippen LogP contribution in [0, 0.1) is 11.2 Å². The zero-order valence-electron chi connectivity index (χ0n) is 19.7. The van der Waals surface area contributed by atoms with Crippen LogP contribution < -0.4 is 5.73 Å². The molecule has 3 rings (SSSR count). The van der Waals surface area contributed by atoms with Crippen molar-refractivity contribution in [2.75, 3.05) is 13.1 Å². The number of likely N-dealkylation sites (tertiary alicyclic amines) is 1. The molecular formula is C24H34FN3O4. The highest BCUT2D eigenvalue weighted by molar-refractivity contribution is 5.84. The highest BCUT2D eigenvalue weighted by atomic mass is 19.1. The third-order valence-corrected chi connectivity index (χ3v) is 5.64. The van der Waals surface area contributed by atoms with Crippen LogP contribution in [0.5, 0.6) is 0 Å². The zero-order chi connectivity index (χ0) is 23.8. The molecule has 1 aromatic rings. The number of carbonyl (C=O) groups is 2. The molecule has 32 heavy (non-hydrogen) atoms. The van der Waals surface area contributed by atoms with Gasteiger partial charge < -0.3 is 20.1 Å². The van der Waals surface area contributed by atoms with Gasteiger partial charge in [-0.25, -0.2) is 9.18 Å². The van der Waals surface area contributed by atoms with Gasteiger partial charge in [-0.15, -0.1) is 0 Å². The van der Waals surface area contributed by atoms with E-state index < -0.39 is 35.3 Å². The summed E-state index contributed by atoms with van der Waals surface area (Å²) < 4.78 is 25.0. The van der Waals surface area contributed by atoms with Crippen molar-refractivity contribution in [1.82, 2.24) is 9.80 Å². The van der Waals surface area contributed by atoms with Gasteiger partial charge in [-0.2, -0.15) is 0 Å². The minimum absolute atomic E-state index is 0.185. The van der Waals surface area contributed by atoms with Crippen LogP contribution in [0.2, 0.25) is 0 Å². The maximum Gasteiger partial charge on any atom is 0.414 e. The van der Waals surface area contributed by atoms with Crippen molar-refractivity contribution in [2.45, 2.75) is 71.9 Å². The molecule has 1 fully saturated rings. The highest BCUT2D eigenvalue weighted by Crippen LogP contribution is 2.36. The SMILES string of the molecule is CC(C)(C)OC(=O)N1CC(OCc2ccc(F)cc2)C2C1=CCN2C(=O)C(N)C(C)(C)C. The summed E-state index contributed by atoms with van der Waals surface area (Å²) >= 11 is 0. The largest absolute Gasteiger partial charge is 0.443 e. The molecule has 0 aliphatic carbocycles. The third kappa shape index (κ3) is 5.30. The summed E-state index contributed by atoms with van der Waals surface area (Å²) in [6, 6.07) is 4.92. The minimum atomic E-state index is -0.691. The normalized spacial score (nSPS) is 21.9. The smallest absolute Gasteiger partial charge is 0.414 e. The fraction of sp³-hybridized carbons (Fsp3) is 0.583. The van der Waals surface area contributed by atoms with Gasteiger partial charge in [0.1, 0.15) is 23.6 Å². The second-order valence-electron chi connectivity index (χ2n) is 10.5. The predicted molar refractivity (Wildman–Crippen MR) is 119 cm³/mol. The van der Waals surface area contributed by atoms with Crippen LogP contribution in [0.3, 0.4) is 0 Å². The van der Waals surface area contributed by atoms with E-state index in [0.717, 1.165) is 5.56 Å². The van der Waals surface area contributed by atoms with E-state index in [2.05, 4.69) is 0 Å². The Kier molecular flexibility index (Phi) is 6.67. The molecule has 3 atom stereocenters. The lowest BCUT2D eigenvalue weighted by Crippen LogP contribution is -2.54. The number of nitrogens with zero attached hydrogens (tertiary/aromatic N) is 2. The summed E-state index contributed by atoms with van der Waals surface area (Å²) in [4.78, 5) is 29.3. The highest BCUT2D eigenvalue weighted by Gasteiger charge is 2.50. The first-order valence-corrected chi connectivity index (χ1v) is 10.9. The number of fused-ring (bicyclic) bond motifs is 1. The maximum absolute atomic E-state index is 13.2. The van der Waals surface area contributed by atoms with Crippen molar-refractivity contribution in [2.24, 2.45) is 11.1 Å². The van der Waals surface area contributed by atoms with E-state index in [1.807, 2.05) is 47.6 Å². The van der Waals surface area contributed by atoms with Gasteiger partial charge in [0, 0.05) is 12.2 Å². The topological polar surface area (TPSA) is 85.1 Å². The number of carbonyl (C=O) groups excluding carboxylic acids is 2. The van der Waals surface area contributed by atoms with Gasteiger partial charge in [-0.05, 0) is 50.0 Å². The van der Waals surface area contributed by atoms with Crippen molar-refractivity contribution in [1.29, 1.82) is 0 Å². The van der Waals surface area contributed by atoms with E-state index in [1.165, 1.54) is 12.1 Å². The van der Waals surface area contributed by atoms with E-state index >= 15 is 0 Å². The van der Waals surface area contributed by atoms with Crippen LogP contribution in [-0.4, -0.2) is 58.7 Å². The molecular weight excluding hydrogens is 413 g/mol. The molecule has 0 aromatic heterocycles. The minimum Gasteiger partial charge on any atom is -0.443 e. The van der Waals surface area contributed by atoms with E-state index in [9.17, 15) is 14.0 Å². The van der Waals surface area contributed by atoms with Gasteiger partial charge in [0.2, 0.25) is 5.91 Å². The Morgan fingerprint density at radius 3 is 2.34 bits per heavy atom. The molecule has 2 aliphatic heterocycles. The van der Waals surface area contributed by atoms with Gasteiger partial charge in [0.25, 0.3) is 0 Å². The van der Waals surface area contributed by atoms with Gasteiger partial charge >= 0.3 is 6.09 Å². The summed E-state index contributed by atoms with van der Waals surface area (Å²) in [5.74, 6) is -0.505. The average molecular weight is 448 g/mol. The molecule has 7 nitrogen and oxygen atoms in total. The van der Waals surface area contributed by atoms with Crippen molar-refractivity contribution < 1.29 is 23.5 Å². The Hall–Kier alpha value is -2.45. The molecule has 176 valence electrons. The van der Waals surface area contributed by atoms with Crippen LogP contribution >= 0.6 is 0 Å². The lowest BCUT2D eigenvalue weighted by molar-refractivity contribution is -0.137. The van der Waals surface area contributed by atoms with Crippen molar-refractivity contribution >= 4 is 12.0 Å².